The van der Waals surface area contributed by atoms with Gasteiger partial charge in [0.05, 0.1) is 6.20 Å². The highest BCUT2D eigenvalue weighted by atomic mass is 32.2. The number of nitrogens with zero attached hydrogens (tertiary/aromatic N) is 3. The normalized spacial score (nSPS) is 17.2. The Morgan fingerprint density at radius 2 is 1.88 bits per heavy atom. The molecule has 1 aromatic heterocycles. The second kappa shape index (κ2) is 7.55. The minimum Gasteiger partial charge on any atom is -0.473 e. The van der Waals surface area contributed by atoms with Gasteiger partial charge in [-0.1, -0.05) is 30.3 Å². The Labute approximate surface area is 141 Å². The summed E-state index contributed by atoms with van der Waals surface area (Å²) in [6, 6.07) is 9.39. The van der Waals surface area contributed by atoms with Gasteiger partial charge in [-0.05, 0) is 24.5 Å². The molecule has 6 nitrogen and oxygen atoms in total. The van der Waals surface area contributed by atoms with E-state index < -0.39 is 10.0 Å². The molecule has 3 rings (SSSR count). The molecule has 7 heteroatoms. The zero-order chi connectivity index (χ0) is 16.8. The smallest absolute Gasteiger partial charge is 0.236 e. The summed E-state index contributed by atoms with van der Waals surface area (Å²) in [5.41, 5.74) is 0.863. The minimum atomic E-state index is -3.41. The fraction of sp³-hybridized carbons (Fsp3) is 0.294. The van der Waals surface area contributed by atoms with Crippen LogP contribution in [0.25, 0.3) is 6.08 Å². The van der Waals surface area contributed by atoms with Crippen molar-refractivity contribution in [1.29, 1.82) is 0 Å². The van der Waals surface area contributed by atoms with Crippen molar-refractivity contribution in [1.82, 2.24) is 14.3 Å². The highest BCUT2D eigenvalue weighted by Crippen LogP contribution is 2.19. The summed E-state index contributed by atoms with van der Waals surface area (Å²) in [6.07, 6.45) is 7.57. The Balaban J connectivity index is 1.56. The zero-order valence-corrected chi connectivity index (χ0v) is 14.0. The molecular weight excluding hydrogens is 326 g/mol. The van der Waals surface area contributed by atoms with Crippen LogP contribution in [0.2, 0.25) is 0 Å². The van der Waals surface area contributed by atoms with Crippen LogP contribution in [-0.4, -0.2) is 41.9 Å². The van der Waals surface area contributed by atoms with E-state index in [-0.39, 0.29) is 6.10 Å². The van der Waals surface area contributed by atoms with E-state index in [1.54, 1.807) is 24.7 Å². The van der Waals surface area contributed by atoms with Crippen LogP contribution >= 0.6 is 0 Å². The van der Waals surface area contributed by atoms with Gasteiger partial charge >= 0.3 is 0 Å². The minimum absolute atomic E-state index is 0.0359. The molecular formula is C17H19N3O3S. The number of aromatic nitrogens is 2. The van der Waals surface area contributed by atoms with Crippen molar-refractivity contribution >= 4 is 16.1 Å². The maximum Gasteiger partial charge on any atom is 0.236 e. The molecule has 1 aromatic carbocycles. The van der Waals surface area contributed by atoms with Gasteiger partial charge in [-0.25, -0.2) is 13.4 Å². The van der Waals surface area contributed by atoms with E-state index in [4.69, 9.17) is 4.74 Å². The van der Waals surface area contributed by atoms with Crippen molar-refractivity contribution < 1.29 is 13.2 Å². The summed E-state index contributed by atoms with van der Waals surface area (Å²) < 4.78 is 32.0. The van der Waals surface area contributed by atoms with Gasteiger partial charge in [0.1, 0.15) is 6.10 Å². The molecule has 1 fully saturated rings. The molecule has 1 saturated heterocycles. The Hall–Kier alpha value is -2.25. The summed E-state index contributed by atoms with van der Waals surface area (Å²) in [4.78, 5) is 8.03. The lowest BCUT2D eigenvalue weighted by atomic mass is 10.1. The molecule has 0 unspecified atom stereocenters. The molecule has 0 bridgehead atoms. The summed E-state index contributed by atoms with van der Waals surface area (Å²) in [5, 5.41) is 1.27. The first kappa shape index (κ1) is 16.6. The molecule has 24 heavy (non-hydrogen) atoms. The lowest BCUT2D eigenvalue weighted by Crippen LogP contribution is -2.40. The Bertz CT molecular complexity index is 771. The second-order valence-corrected chi connectivity index (χ2v) is 7.34. The number of hydrogen-bond acceptors (Lipinski definition) is 5. The SMILES string of the molecule is O=S(=O)(/C=C/c1ccccc1)N1CCC(Oc2cnccn2)CC1. The molecule has 0 amide bonds. The highest BCUT2D eigenvalue weighted by molar-refractivity contribution is 7.92. The quantitative estimate of drug-likeness (QED) is 0.831. The van der Waals surface area contributed by atoms with Crippen LogP contribution in [0, 0.1) is 0 Å². The standard InChI is InChI=1S/C17H19N3O3S/c21-24(22,13-8-15-4-2-1-3-5-15)20-11-6-16(7-12-20)23-17-14-18-9-10-19-17/h1-5,8-10,13-14,16H,6-7,11-12H2/b13-8+. The monoisotopic (exact) mass is 345 g/mol. The van der Waals surface area contributed by atoms with Gasteiger partial charge in [0.15, 0.2) is 0 Å². The molecule has 1 aliphatic rings. The van der Waals surface area contributed by atoms with Gasteiger partial charge in [0.25, 0.3) is 0 Å². The molecule has 0 radical (unpaired) electrons. The predicted molar refractivity (Wildman–Crippen MR) is 91.7 cm³/mol. The number of sulfonamides is 1. The van der Waals surface area contributed by atoms with Crippen molar-refractivity contribution in [3.8, 4) is 5.88 Å². The van der Waals surface area contributed by atoms with Crippen molar-refractivity contribution in [3.63, 3.8) is 0 Å². The molecule has 1 aliphatic heterocycles. The third kappa shape index (κ3) is 4.39. The van der Waals surface area contributed by atoms with Crippen LogP contribution in [0.5, 0.6) is 5.88 Å². The van der Waals surface area contributed by atoms with E-state index in [2.05, 4.69) is 9.97 Å². The Morgan fingerprint density at radius 1 is 1.12 bits per heavy atom. The van der Waals surface area contributed by atoms with Crippen LogP contribution in [0.15, 0.2) is 54.3 Å². The fourth-order valence-corrected chi connectivity index (χ4v) is 3.76. The van der Waals surface area contributed by atoms with E-state index >= 15 is 0 Å². The lowest BCUT2D eigenvalue weighted by molar-refractivity contribution is 0.130. The maximum absolute atomic E-state index is 12.4. The van der Waals surface area contributed by atoms with Crippen molar-refractivity contribution in [2.45, 2.75) is 18.9 Å². The van der Waals surface area contributed by atoms with Gasteiger partial charge in [-0.2, -0.15) is 4.31 Å². The number of hydrogen-bond donors (Lipinski definition) is 0. The molecule has 2 heterocycles. The van der Waals surface area contributed by atoms with E-state index in [1.165, 1.54) is 9.71 Å². The van der Waals surface area contributed by atoms with Crippen LogP contribution in [0.3, 0.4) is 0 Å². The first-order chi connectivity index (χ1) is 11.6. The van der Waals surface area contributed by atoms with Crippen LogP contribution < -0.4 is 4.74 Å². The summed E-state index contributed by atoms with van der Waals surface area (Å²) >= 11 is 0. The second-order valence-electron chi connectivity index (χ2n) is 5.52. The third-order valence-electron chi connectivity index (χ3n) is 3.82. The maximum atomic E-state index is 12.4. The van der Waals surface area contributed by atoms with Crippen LogP contribution in [0.1, 0.15) is 18.4 Å². The fourth-order valence-electron chi connectivity index (χ4n) is 2.54. The van der Waals surface area contributed by atoms with Crippen molar-refractivity contribution in [3.05, 3.63) is 59.9 Å². The molecule has 0 atom stereocenters. The highest BCUT2D eigenvalue weighted by Gasteiger charge is 2.27. The molecule has 126 valence electrons. The predicted octanol–water partition coefficient (Wildman–Crippen LogP) is 2.32. The van der Waals surface area contributed by atoms with Gasteiger partial charge in [0.2, 0.25) is 15.9 Å². The first-order valence-corrected chi connectivity index (χ1v) is 9.30. The summed E-state index contributed by atoms with van der Waals surface area (Å²) in [6.45, 7) is 0.874. The average molecular weight is 345 g/mol. The zero-order valence-electron chi connectivity index (χ0n) is 13.2. The van der Waals surface area contributed by atoms with Gasteiger partial charge in [0, 0.05) is 30.9 Å². The Kier molecular flexibility index (Phi) is 5.22. The molecule has 0 saturated carbocycles. The largest absolute Gasteiger partial charge is 0.473 e. The average Bonchev–Trinajstić information content (AvgIpc) is 2.62. The van der Waals surface area contributed by atoms with Gasteiger partial charge in [-0.15, -0.1) is 0 Å². The van der Waals surface area contributed by atoms with Crippen molar-refractivity contribution in [2.75, 3.05) is 13.1 Å². The molecule has 0 spiro atoms. The summed E-state index contributed by atoms with van der Waals surface area (Å²) in [5.74, 6) is 0.475. The van der Waals surface area contributed by atoms with Gasteiger partial charge < -0.3 is 4.74 Å². The Morgan fingerprint density at radius 3 is 2.54 bits per heavy atom. The first-order valence-electron chi connectivity index (χ1n) is 7.79. The number of benzene rings is 1. The number of ether oxygens (including phenoxy) is 1. The van der Waals surface area contributed by atoms with E-state index in [9.17, 15) is 8.42 Å². The van der Waals surface area contributed by atoms with Gasteiger partial charge in [-0.3, -0.25) is 4.98 Å². The molecule has 2 aromatic rings. The number of piperidine rings is 1. The molecule has 0 N–H and O–H groups in total. The van der Waals surface area contributed by atoms with E-state index in [0.29, 0.717) is 31.8 Å². The number of rotatable bonds is 5. The van der Waals surface area contributed by atoms with Crippen LogP contribution in [0.4, 0.5) is 0 Å². The summed E-state index contributed by atoms with van der Waals surface area (Å²) in [7, 11) is -3.41. The van der Waals surface area contributed by atoms with Crippen LogP contribution in [-0.2, 0) is 10.0 Å². The topological polar surface area (TPSA) is 72.4 Å². The van der Waals surface area contributed by atoms with E-state index in [0.717, 1.165) is 5.56 Å². The third-order valence-corrected chi connectivity index (χ3v) is 5.38. The van der Waals surface area contributed by atoms with E-state index in [1.807, 2.05) is 30.3 Å². The lowest BCUT2D eigenvalue weighted by Gasteiger charge is -2.30. The van der Waals surface area contributed by atoms with Crippen molar-refractivity contribution in [2.24, 2.45) is 0 Å². The molecule has 0 aliphatic carbocycles.